The molecule has 0 radical (unpaired) electrons. The number of furan rings is 1. The highest BCUT2D eigenvalue weighted by Crippen LogP contribution is 2.41. The van der Waals surface area contributed by atoms with Gasteiger partial charge in [0, 0.05) is 56.3 Å². The summed E-state index contributed by atoms with van der Waals surface area (Å²) in [7, 11) is 0. The van der Waals surface area contributed by atoms with E-state index in [0.29, 0.717) is 13.1 Å². The van der Waals surface area contributed by atoms with Gasteiger partial charge in [0.1, 0.15) is 11.8 Å². The third-order valence-corrected chi connectivity index (χ3v) is 6.29. The molecule has 0 aliphatic carbocycles. The van der Waals surface area contributed by atoms with E-state index in [4.69, 9.17) is 4.42 Å². The quantitative estimate of drug-likeness (QED) is 0.752. The van der Waals surface area contributed by atoms with Gasteiger partial charge in [0.15, 0.2) is 0 Å². The van der Waals surface area contributed by atoms with Gasteiger partial charge in [-0.15, -0.1) is 0 Å². The number of rotatable bonds is 4. The first-order chi connectivity index (χ1) is 14.2. The molecule has 2 aromatic rings. The van der Waals surface area contributed by atoms with Gasteiger partial charge in [0.05, 0.1) is 6.26 Å². The van der Waals surface area contributed by atoms with E-state index in [1.165, 1.54) is 0 Å². The molecule has 5 rings (SSSR count). The second kappa shape index (κ2) is 7.52. The van der Waals surface area contributed by atoms with E-state index in [1.54, 1.807) is 16.9 Å². The summed E-state index contributed by atoms with van der Waals surface area (Å²) in [6.45, 7) is 3.79. The first-order valence-electron chi connectivity index (χ1n) is 10.3. The van der Waals surface area contributed by atoms with Gasteiger partial charge in [-0.2, -0.15) is 0 Å². The van der Waals surface area contributed by atoms with Crippen LogP contribution in [0.3, 0.4) is 0 Å². The maximum absolute atomic E-state index is 13.4. The summed E-state index contributed by atoms with van der Waals surface area (Å²) >= 11 is 0. The molecule has 150 valence electrons. The molecule has 0 unspecified atom stereocenters. The van der Waals surface area contributed by atoms with Gasteiger partial charge in [-0.1, -0.05) is 24.3 Å². The summed E-state index contributed by atoms with van der Waals surface area (Å²) < 4.78 is 7.15. The number of hydrogen-bond donors (Lipinski definition) is 0. The average Bonchev–Trinajstić information content (AvgIpc) is 3.43. The number of amides is 1. The van der Waals surface area contributed by atoms with Crippen LogP contribution in [0.4, 0.5) is 0 Å². The van der Waals surface area contributed by atoms with Gasteiger partial charge in [-0.05, 0) is 30.7 Å². The fourth-order valence-electron chi connectivity index (χ4n) is 5.04. The number of piperidine rings is 1. The molecule has 2 bridgehead atoms. The molecule has 0 saturated carbocycles. The lowest BCUT2D eigenvalue weighted by atomic mass is 9.78. The number of carbonyl (C=O) groups excluding carboxylic acids is 1. The zero-order chi connectivity index (χ0) is 19.8. The molecule has 0 N–H and O–H groups in total. The van der Waals surface area contributed by atoms with Crippen LogP contribution in [0.15, 0.2) is 64.0 Å². The zero-order valence-electron chi connectivity index (χ0n) is 16.3. The van der Waals surface area contributed by atoms with Gasteiger partial charge in [-0.3, -0.25) is 19.1 Å². The molecule has 6 nitrogen and oxygen atoms in total. The lowest BCUT2D eigenvalue weighted by Crippen LogP contribution is -2.53. The minimum absolute atomic E-state index is 0.0612. The molecule has 0 aromatic carbocycles. The van der Waals surface area contributed by atoms with Crippen LogP contribution in [0.1, 0.15) is 29.8 Å². The van der Waals surface area contributed by atoms with Crippen molar-refractivity contribution in [1.82, 2.24) is 14.4 Å². The monoisotopic (exact) mass is 391 g/mol. The molecule has 0 spiro atoms. The van der Waals surface area contributed by atoms with E-state index in [9.17, 15) is 9.59 Å². The van der Waals surface area contributed by atoms with Gasteiger partial charge >= 0.3 is 0 Å². The highest BCUT2D eigenvalue weighted by atomic mass is 16.3. The normalized spacial score (nSPS) is 26.2. The molecule has 1 amide bonds. The highest BCUT2D eigenvalue weighted by Gasteiger charge is 2.44. The number of nitrogens with zero attached hydrogens (tertiary/aromatic N) is 3. The Morgan fingerprint density at radius 2 is 2.00 bits per heavy atom. The Hall–Kier alpha value is -2.86. The smallest absolute Gasteiger partial charge is 0.251 e. The maximum Gasteiger partial charge on any atom is 0.251 e. The molecule has 3 aliphatic heterocycles. The highest BCUT2D eigenvalue weighted by molar-refractivity contribution is 5.82. The first-order valence-corrected chi connectivity index (χ1v) is 10.3. The average molecular weight is 391 g/mol. The fourth-order valence-corrected chi connectivity index (χ4v) is 5.04. The number of likely N-dealkylation sites (tertiary alicyclic amines) is 1. The fraction of sp³-hybridized carbons (Fsp3) is 0.391. The van der Waals surface area contributed by atoms with Gasteiger partial charge < -0.3 is 9.32 Å². The molecule has 2 aromatic heterocycles. The summed E-state index contributed by atoms with van der Waals surface area (Å²) in [5, 5.41) is 0. The van der Waals surface area contributed by atoms with Crippen LogP contribution < -0.4 is 5.56 Å². The summed E-state index contributed by atoms with van der Waals surface area (Å²) in [6, 6.07) is 8.82. The second-order valence-electron chi connectivity index (χ2n) is 8.15. The van der Waals surface area contributed by atoms with Crippen LogP contribution in [0, 0.1) is 5.92 Å². The van der Waals surface area contributed by atoms with Crippen LogP contribution in [-0.2, 0) is 4.79 Å². The van der Waals surface area contributed by atoms with E-state index in [1.807, 2.05) is 47.4 Å². The number of pyridine rings is 1. The third kappa shape index (κ3) is 3.38. The Kier molecular flexibility index (Phi) is 4.72. The van der Waals surface area contributed by atoms with E-state index in [-0.39, 0.29) is 23.3 Å². The molecular formula is C23H25N3O3. The van der Waals surface area contributed by atoms with Gasteiger partial charge in [-0.25, -0.2) is 0 Å². The molecule has 3 aliphatic rings. The van der Waals surface area contributed by atoms with Crippen molar-refractivity contribution < 1.29 is 9.21 Å². The topological polar surface area (TPSA) is 58.7 Å². The van der Waals surface area contributed by atoms with Crippen LogP contribution in [0.2, 0.25) is 0 Å². The number of aromatic nitrogens is 1. The Balaban J connectivity index is 1.42. The Morgan fingerprint density at radius 1 is 1.14 bits per heavy atom. The lowest BCUT2D eigenvalue weighted by molar-refractivity contribution is -0.137. The van der Waals surface area contributed by atoms with Gasteiger partial charge in [0.25, 0.3) is 5.56 Å². The lowest BCUT2D eigenvalue weighted by Gasteiger charge is -2.46. The zero-order valence-corrected chi connectivity index (χ0v) is 16.3. The Bertz CT molecular complexity index is 997. The minimum atomic E-state index is -0.410. The predicted molar refractivity (Wildman–Crippen MR) is 110 cm³/mol. The molecule has 3 atom stereocenters. The van der Waals surface area contributed by atoms with E-state index in [0.717, 1.165) is 37.5 Å². The minimum Gasteiger partial charge on any atom is -0.465 e. The number of hydrogen-bond acceptors (Lipinski definition) is 4. The largest absolute Gasteiger partial charge is 0.465 e. The maximum atomic E-state index is 13.4. The standard InChI is InChI=1S/C23H25N3O3/c27-21-9-3-8-20-17-14-18(22(26(20)21)23(28)25-11-1-2-12-25)16-24(15-17)10-4-6-19-7-5-13-29-19/h1-9,13,17-18,22H,10-12,14-16H2/b6-4+/t17-,18+,22-/m1/s1. The molecule has 29 heavy (non-hydrogen) atoms. The third-order valence-electron chi connectivity index (χ3n) is 6.29. The summed E-state index contributed by atoms with van der Waals surface area (Å²) in [5.74, 6) is 1.33. The summed E-state index contributed by atoms with van der Waals surface area (Å²) in [5.41, 5.74) is 0.938. The van der Waals surface area contributed by atoms with Gasteiger partial charge in [0.2, 0.25) is 5.91 Å². The van der Waals surface area contributed by atoms with Crippen molar-refractivity contribution in [3.63, 3.8) is 0 Å². The second-order valence-corrected chi connectivity index (χ2v) is 8.15. The molecule has 1 saturated heterocycles. The van der Waals surface area contributed by atoms with Crippen molar-refractivity contribution in [1.29, 1.82) is 0 Å². The van der Waals surface area contributed by atoms with E-state index in [2.05, 4.69) is 11.0 Å². The Labute approximate surface area is 169 Å². The summed E-state index contributed by atoms with van der Waals surface area (Å²) in [4.78, 5) is 30.4. The van der Waals surface area contributed by atoms with E-state index < -0.39 is 6.04 Å². The number of fused-ring (bicyclic) bond motifs is 4. The van der Waals surface area contributed by atoms with E-state index >= 15 is 0 Å². The molecular weight excluding hydrogens is 366 g/mol. The van der Waals surface area contributed by atoms with Crippen molar-refractivity contribution in [3.8, 4) is 0 Å². The SMILES string of the molecule is O=C([C@H]1[C@H]2C[C@H](CN(C/C=C/c3ccco3)C2)c2cccc(=O)n21)N1CC=CC1. The predicted octanol–water partition coefficient (Wildman–Crippen LogP) is 2.51. The van der Waals surface area contributed by atoms with Crippen LogP contribution in [0.5, 0.6) is 0 Å². The summed E-state index contributed by atoms with van der Waals surface area (Å²) in [6.07, 6.45) is 10.8. The van der Waals surface area contributed by atoms with Crippen LogP contribution >= 0.6 is 0 Å². The van der Waals surface area contributed by atoms with Crippen LogP contribution in [-0.4, -0.2) is 53.0 Å². The molecule has 5 heterocycles. The van der Waals surface area contributed by atoms with Crippen molar-refractivity contribution in [3.05, 3.63) is 76.6 Å². The van der Waals surface area contributed by atoms with Crippen molar-refractivity contribution >= 4 is 12.0 Å². The molecule has 1 fully saturated rings. The molecule has 6 heteroatoms. The van der Waals surface area contributed by atoms with Crippen molar-refractivity contribution in [2.45, 2.75) is 18.4 Å². The number of carbonyl (C=O) groups is 1. The van der Waals surface area contributed by atoms with Crippen molar-refractivity contribution in [2.75, 3.05) is 32.7 Å². The first kappa shape index (κ1) is 18.2. The van der Waals surface area contributed by atoms with Crippen molar-refractivity contribution in [2.24, 2.45) is 5.92 Å². The Morgan fingerprint density at radius 3 is 2.79 bits per heavy atom. The van der Waals surface area contributed by atoms with Crippen LogP contribution in [0.25, 0.3) is 6.08 Å².